The number of nitrogens with zero attached hydrogens (tertiary/aromatic N) is 4. The largest absolute Gasteiger partial charge is 0.495 e. The molecule has 3 aromatic rings. The SMILES string of the molecule is COc1ccccc1NC(=O)C1=C(C)Nc2nnnn2[C@@H]1c1ccc(C(F)(F)F)cc1. The third-order valence-electron chi connectivity index (χ3n) is 4.87. The molecule has 8 nitrogen and oxygen atoms in total. The number of fused-ring (bicyclic) bond motifs is 1. The van der Waals surface area contributed by atoms with Crippen LogP contribution in [-0.2, 0) is 11.0 Å². The van der Waals surface area contributed by atoms with Gasteiger partial charge >= 0.3 is 6.18 Å². The molecule has 1 amide bonds. The quantitative estimate of drug-likeness (QED) is 0.657. The lowest BCUT2D eigenvalue weighted by atomic mass is 9.94. The fourth-order valence-corrected chi connectivity index (χ4v) is 3.41. The Bertz CT molecular complexity index is 1150. The van der Waals surface area contributed by atoms with Crippen molar-refractivity contribution in [2.75, 3.05) is 17.7 Å². The molecule has 2 aromatic carbocycles. The lowest BCUT2D eigenvalue weighted by Gasteiger charge is -2.28. The van der Waals surface area contributed by atoms with E-state index in [0.717, 1.165) is 12.1 Å². The smallest absolute Gasteiger partial charge is 0.416 e. The van der Waals surface area contributed by atoms with Gasteiger partial charge in [-0.3, -0.25) is 4.79 Å². The Balaban J connectivity index is 1.75. The molecule has 0 bridgehead atoms. The van der Waals surface area contributed by atoms with Crippen LogP contribution in [0, 0.1) is 0 Å². The summed E-state index contributed by atoms with van der Waals surface area (Å²) in [5.41, 5.74) is 0.810. The van der Waals surface area contributed by atoms with Crippen LogP contribution in [0.15, 0.2) is 59.8 Å². The van der Waals surface area contributed by atoms with Crippen molar-refractivity contribution in [1.29, 1.82) is 0 Å². The number of alkyl halides is 3. The molecule has 1 aliphatic rings. The van der Waals surface area contributed by atoms with Crippen LogP contribution < -0.4 is 15.4 Å². The molecule has 0 spiro atoms. The number of hydrogen-bond acceptors (Lipinski definition) is 6. The molecule has 0 radical (unpaired) electrons. The van der Waals surface area contributed by atoms with Crippen LogP contribution in [0.2, 0.25) is 0 Å². The predicted octanol–water partition coefficient (Wildman–Crippen LogP) is 3.63. The number of tetrazole rings is 1. The van der Waals surface area contributed by atoms with Gasteiger partial charge in [0.1, 0.15) is 11.8 Å². The fourth-order valence-electron chi connectivity index (χ4n) is 3.41. The molecule has 2 heterocycles. The number of carbonyl (C=O) groups excluding carboxylic acids is 1. The van der Waals surface area contributed by atoms with E-state index in [9.17, 15) is 18.0 Å². The van der Waals surface area contributed by atoms with Crippen molar-refractivity contribution in [2.45, 2.75) is 19.1 Å². The molecule has 0 unspecified atom stereocenters. The summed E-state index contributed by atoms with van der Waals surface area (Å²) in [7, 11) is 1.48. The molecule has 31 heavy (non-hydrogen) atoms. The Morgan fingerprint density at radius 2 is 1.87 bits per heavy atom. The molecule has 1 aromatic heterocycles. The number of methoxy groups -OCH3 is 1. The topological polar surface area (TPSA) is 94.0 Å². The first-order valence-electron chi connectivity index (χ1n) is 9.16. The van der Waals surface area contributed by atoms with E-state index in [0.29, 0.717) is 22.7 Å². The minimum absolute atomic E-state index is 0.255. The number of allylic oxidation sites excluding steroid dienone is 1. The number of halogens is 3. The van der Waals surface area contributed by atoms with E-state index in [1.54, 1.807) is 31.2 Å². The van der Waals surface area contributed by atoms with Gasteiger partial charge in [0.25, 0.3) is 5.91 Å². The summed E-state index contributed by atoms with van der Waals surface area (Å²) in [6.07, 6.45) is -4.47. The van der Waals surface area contributed by atoms with Gasteiger partial charge in [-0.25, -0.2) is 0 Å². The number of ether oxygens (including phenoxy) is 1. The maximum atomic E-state index is 13.3. The number of carbonyl (C=O) groups is 1. The normalized spacial score (nSPS) is 15.8. The highest BCUT2D eigenvalue weighted by Gasteiger charge is 2.35. The van der Waals surface area contributed by atoms with E-state index in [1.165, 1.54) is 23.9 Å². The summed E-state index contributed by atoms with van der Waals surface area (Å²) in [5, 5.41) is 17.2. The molecule has 0 saturated heterocycles. The fraction of sp³-hybridized carbons (Fsp3) is 0.200. The lowest BCUT2D eigenvalue weighted by molar-refractivity contribution is -0.137. The van der Waals surface area contributed by atoms with Crippen molar-refractivity contribution in [1.82, 2.24) is 20.2 Å². The first-order valence-corrected chi connectivity index (χ1v) is 9.16. The Morgan fingerprint density at radius 1 is 1.16 bits per heavy atom. The summed E-state index contributed by atoms with van der Waals surface area (Å²) < 4.78 is 45.6. The first-order chi connectivity index (χ1) is 14.8. The Kier molecular flexibility index (Phi) is 5.09. The average molecular weight is 430 g/mol. The van der Waals surface area contributed by atoms with Crippen LogP contribution in [0.25, 0.3) is 0 Å². The van der Waals surface area contributed by atoms with E-state index in [4.69, 9.17) is 4.74 Å². The highest BCUT2D eigenvalue weighted by molar-refractivity contribution is 6.06. The standard InChI is InChI=1S/C20H17F3N6O2/c1-11-16(18(30)25-14-5-3-4-6-15(14)31-2)17(29-19(24-11)26-27-28-29)12-7-9-13(10-8-12)20(21,22)23/h3-10,17H,1-2H3,(H,25,30)(H,24,26,28)/t17-/m1/s1. The van der Waals surface area contributed by atoms with Crippen LogP contribution in [0.5, 0.6) is 5.75 Å². The van der Waals surface area contributed by atoms with E-state index in [2.05, 4.69) is 26.2 Å². The summed E-state index contributed by atoms with van der Waals surface area (Å²) in [6.45, 7) is 1.67. The number of nitrogens with one attached hydrogen (secondary N) is 2. The monoisotopic (exact) mass is 430 g/mol. The summed E-state index contributed by atoms with van der Waals surface area (Å²) in [6, 6.07) is 10.6. The van der Waals surface area contributed by atoms with Gasteiger partial charge in [0.15, 0.2) is 0 Å². The van der Waals surface area contributed by atoms with E-state index in [-0.39, 0.29) is 11.5 Å². The number of amides is 1. The molecule has 0 fully saturated rings. The summed E-state index contributed by atoms with van der Waals surface area (Å²) in [4.78, 5) is 13.3. The molecular weight excluding hydrogens is 413 g/mol. The van der Waals surface area contributed by atoms with Gasteiger partial charge in [-0.1, -0.05) is 29.4 Å². The molecular formula is C20H17F3N6O2. The summed E-state index contributed by atoms with van der Waals surface area (Å²) >= 11 is 0. The zero-order chi connectivity index (χ0) is 22.2. The van der Waals surface area contributed by atoms with Crippen molar-refractivity contribution in [3.8, 4) is 5.75 Å². The molecule has 1 aliphatic heterocycles. The number of hydrogen-bond donors (Lipinski definition) is 2. The van der Waals surface area contributed by atoms with Crippen molar-refractivity contribution in [3.05, 3.63) is 70.9 Å². The molecule has 2 N–H and O–H groups in total. The second-order valence-electron chi connectivity index (χ2n) is 6.79. The summed E-state index contributed by atoms with van der Waals surface area (Å²) in [5.74, 6) is 0.267. The van der Waals surface area contributed by atoms with Gasteiger partial charge in [0.2, 0.25) is 5.95 Å². The second kappa shape index (κ2) is 7.74. The minimum Gasteiger partial charge on any atom is -0.495 e. The highest BCUT2D eigenvalue weighted by Crippen LogP contribution is 2.37. The Labute approximate surface area is 174 Å². The van der Waals surface area contributed by atoms with E-state index >= 15 is 0 Å². The number of benzene rings is 2. The number of para-hydroxylation sites is 2. The Morgan fingerprint density at radius 3 is 2.55 bits per heavy atom. The van der Waals surface area contributed by atoms with Gasteiger partial charge in [-0.2, -0.15) is 17.9 Å². The third kappa shape index (κ3) is 3.81. The van der Waals surface area contributed by atoms with Crippen LogP contribution in [0.1, 0.15) is 24.1 Å². The van der Waals surface area contributed by atoms with E-state index in [1.807, 2.05) is 0 Å². The molecule has 1 atom stereocenters. The average Bonchev–Trinajstić information content (AvgIpc) is 3.20. The zero-order valence-electron chi connectivity index (χ0n) is 16.4. The lowest BCUT2D eigenvalue weighted by Crippen LogP contribution is -2.31. The highest BCUT2D eigenvalue weighted by atomic mass is 19.4. The molecule has 160 valence electrons. The minimum atomic E-state index is -4.47. The molecule has 4 rings (SSSR count). The van der Waals surface area contributed by atoms with Crippen LogP contribution >= 0.6 is 0 Å². The van der Waals surface area contributed by atoms with Crippen LogP contribution in [0.4, 0.5) is 24.8 Å². The van der Waals surface area contributed by atoms with Gasteiger partial charge < -0.3 is 15.4 Å². The third-order valence-corrected chi connectivity index (χ3v) is 4.87. The maximum Gasteiger partial charge on any atom is 0.416 e. The van der Waals surface area contributed by atoms with Crippen molar-refractivity contribution < 1.29 is 22.7 Å². The van der Waals surface area contributed by atoms with Crippen molar-refractivity contribution in [3.63, 3.8) is 0 Å². The number of aromatic nitrogens is 4. The van der Waals surface area contributed by atoms with Gasteiger partial charge in [-0.15, -0.1) is 0 Å². The Hall–Kier alpha value is -3.89. The number of anilines is 2. The first kappa shape index (κ1) is 20.4. The zero-order valence-corrected chi connectivity index (χ0v) is 16.4. The molecule has 0 saturated carbocycles. The maximum absolute atomic E-state index is 13.3. The second-order valence-corrected chi connectivity index (χ2v) is 6.79. The van der Waals surface area contributed by atoms with Gasteiger partial charge in [0.05, 0.1) is 23.9 Å². The van der Waals surface area contributed by atoms with E-state index < -0.39 is 23.7 Å². The molecule has 11 heteroatoms. The van der Waals surface area contributed by atoms with Gasteiger partial charge in [0, 0.05) is 5.70 Å². The van der Waals surface area contributed by atoms with Crippen LogP contribution in [0.3, 0.4) is 0 Å². The van der Waals surface area contributed by atoms with Crippen molar-refractivity contribution in [2.24, 2.45) is 0 Å². The predicted molar refractivity (Wildman–Crippen MR) is 105 cm³/mol. The number of rotatable bonds is 4. The molecule has 0 aliphatic carbocycles. The van der Waals surface area contributed by atoms with Crippen molar-refractivity contribution >= 4 is 17.5 Å². The van der Waals surface area contributed by atoms with Crippen LogP contribution in [-0.4, -0.2) is 33.2 Å². The van der Waals surface area contributed by atoms with Gasteiger partial charge in [-0.05, 0) is 47.2 Å².